The van der Waals surface area contributed by atoms with Gasteiger partial charge in [0.15, 0.2) is 0 Å². The Balaban J connectivity index is 1.75. The fourth-order valence-corrected chi connectivity index (χ4v) is 3.54. The summed E-state index contributed by atoms with van der Waals surface area (Å²) in [6.07, 6.45) is 4.61. The van der Waals surface area contributed by atoms with Crippen LogP contribution in [0.2, 0.25) is 0 Å². The van der Waals surface area contributed by atoms with Crippen molar-refractivity contribution in [1.82, 2.24) is 0 Å². The molecule has 0 spiro atoms. The van der Waals surface area contributed by atoms with Crippen LogP contribution in [0.5, 0.6) is 0 Å². The van der Waals surface area contributed by atoms with Crippen molar-refractivity contribution in [2.45, 2.75) is 44.0 Å². The summed E-state index contributed by atoms with van der Waals surface area (Å²) in [6, 6.07) is 0. The van der Waals surface area contributed by atoms with E-state index in [-0.39, 0.29) is 23.2 Å². The highest BCUT2D eigenvalue weighted by Crippen LogP contribution is 2.32. The first kappa shape index (κ1) is 12.7. The number of carbonyl (C=O) groups is 2. The average molecular weight is 258 g/mol. The molecule has 1 heterocycles. The van der Waals surface area contributed by atoms with Crippen LogP contribution in [0.3, 0.4) is 0 Å². The van der Waals surface area contributed by atoms with Gasteiger partial charge in [0, 0.05) is 0 Å². The van der Waals surface area contributed by atoms with Crippen LogP contribution >= 0.6 is 11.8 Å². The second kappa shape index (κ2) is 5.76. The Kier molecular flexibility index (Phi) is 4.31. The summed E-state index contributed by atoms with van der Waals surface area (Å²) in [5.74, 6) is -0.118. The minimum absolute atomic E-state index is 0.0414. The molecule has 0 radical (unpaired) electrons. The number of carboxylic acid groups (broad SMARTS) is 1. The Hall–Kier alpha value is -0.710. The van der Waals surface area contributed by atoms with Crippen molar-refractivity contribution in [1.29, 1.82) is 0 Å². The SMILES string of the molecule is O=C(O)C1CCC(C(=O)OC2CCCS2)CC1. The van der Waals surface area contributed by atoms with E-state index >= 15 is 0 Å². The van der Waals surface area contributed by atoms with E-state index in [1.807, 2.05) is 0 Å². The maximum atomic E-state index is 11.8. The van der Waals surface area contributed by atoms with Crippen LogP contribution in [-0.2, 0) is 14.3 Å². The van der Waals surface area contributed by atoms with Gasteiger partial charge >= 0.3 is 11.9 Å². The van der Waals surface area contributed by atoms with Crippen LogP contribution in [0.4, 0.5) is 0 Å². The summed E-state index contributed by atoms with van der Waals surface area (Å²) in [5, 5.41) is 8.87. The van der Waals surface area contributed by atoms with Crippen molar-refractivity contribution < 1.29 is 19.4 Å². The molecule has 1 saturated heterocycles. The molecule has 0 amide bonds. The van der Waals surface area contributed by atoms with E-state index in [1.165, 1.54) is 0 Å². The van der Waals surface area contributed by atoms with E-state index in [1.54, 1.807) is 11.8 Å². The lowest BCUT2D eigenvalue weighted by molar-refractivity contribution is -0.153. The summed E-state index contributed by atoms with van der Waals surface area (Å²) < 4.78 is 5.42. The normalized spacial score (nSPS) is 33.3. The molecule has 1 N–H and O–H groups in total. The Morgan fingerprint density at radius 1 is 1.06 bits per heavy atom. The predicted molar refractivity (Wildman–Crippen MR) is 64.7 cm³/mol. The van der Waals surface area contributed by atoms with Gasteiger partial charge in [0.1, 0.15) is 5.44 Å². The first-order chi connectivity index (χ1) is 8.16. The lowest BCUT2D eigenvalue weighted by Gasteiger charge is -2.25. The highest BCUT2D eigenvalue weighted by molar-refractivity contribution is 8.00. The number of thioether (sulfide) groups is 1. The third-order valence-electron chi connectivity index (χ3n) is 3.55. The number of hydrogen-bond donors (Lipinski definition) is 1. The molecule has 1 aliphatic carbocycles. The monoisotopic (exact) mass is 258 g/mol. The van der Waals surface area contributed by atoms with Crippen molar-refractivity contribution >= 4 is 23.7 Å². The van der Waals surface area contributed by atoms with Crippen LogP contribution < -0.4 is 0 Å². The van der Waals surface area contributed by atoms with Gasteiger partial charge in [-0.25, -0.2) is 0 Å². The standard InChI is InChI=1S/C12H18O4S/c13-11(14)8-3-5-9(6-4-8)12(15)16-10-2-1-7-17-10/h8-10H,1-7H2,(H,13,14). The van der Waals surface area contributed by atoms with Gasteiger partial charge in [-0.15, -0.1) is 11.8 Å². The lowest BCUT2D eigenvalue weighted by atomic mass is 9.82. The first-order valence-electron chi connectivity index (χ1n) is 6.21. The van der Waals surface area contributed by atoms with Crippen LogP contribution in [0.1, 0.15) is 38.5 Å². The molecule has 2 aliphatic rings. The molecule has 0 aromatic rings. The Morgan fingerprint density at radius 2 is 1.71 bits per heavy atom. The molecule has 0 aromatic heterocycles. The van der Waals surface area contributed by atoms with E-state index in [9.17, 15) is 9.59 Å². The van der Waals surface area contributed by atoms with Crippen molar-refractivity contribution in [3.05, 3.63) is 0 Å². The van der Waals surface area contributed by atoms with Gasteiger partial charge in [-0.1, -0.05) is 0 Å². The number of rotatable bonds is 3. The molecule has 1 aliphatic heterocycles. The van der Waals surface area contributed by atoms with Gasteiger partial charge in [-0.05, 0) is 44.3 Å². The van der Waals surface area contributed by atoms with Crippen molar-refractivity contribution in [2.75, 3.05) is 5.75 Å². The number of carbonyl (C=O) groups excluding carboxylic acids is 1. The largest absolute Gasteiger partial charge is 0.481 e. The summed E-state index contributed by atoms with van der Waals surface area (Å²) in [4.78, 5) is 22.6. The fourth-order valence-electron chi connectivity index (χ4n) is 2.44. The van der Waals surface area contributed by atoms with E-state index < -0.39 is 5.97 Å². The summed E-state index contributed by atoms with van der Waals surface area (Å²) in [7, 11) is 0. The minimum atomic E-state index is -0.733. The van der Waals surface area contributed by atoms with Gasteiger partial charge in [-0.2, -0.15) is 0 Å². The zero-order valence-electron chi connectivity index (χ0n) is 9.76. The Labute approximate surface area is 105 Å². The molecule has 96 valence electrons. The highest BCUT2D eigenvalue weighted by atomic mass is 32.2. The first-order valence-corrected chi connectivity index (χ1v) is 7.26. The third kappa shape index (κ3) is 3.37. The number of aliphatic carboxylic acids is 1. The van der Waals surface area contributed by atoms with Gasteiger partial charge in [-0.3, -0.25) is 9.59 Å². The zero-order chi connectivity index (χ0) is 12.3. The van der Waals surface area contributed by atoms with E-state index in [0.29, 0.717) is 25.7 Å². The second-order valence-electron chi connectivity index (χ2n) is 4.77. The molecular weight excluding hydrogens is 240 g/mol. The molecule has 17 heavy (non-hydrogen) atoms. The maximum absolute atomic E-state index is 11.8. The molecule has 0 bridgehead atoms. The van der Waals surface area contributed by atoms with E-state index in [0.717, 1.165) is 18.6 Å². The van der Waals surface area contributed by atoms with Crippen LogP contribution in [-0.4, -0.2) is 28.2 Å². The third-order valence-corrected chi connectivity index (χ3v) is 4.77. The molecular formula is C12H18O4S. The average Bonchev–Trinajstić information content (AvgIpc) is 2.82. The van der Waals surface area contributed by atoms with Gasteiger partial charge in [0.05, 0.1) is 11.8 Å². The summed E-state index contributed by atoms with van der Waals surface area (Å²) in [5.41, 5.74) is 0.0414. The van der Waals surface area contributed by atoms with Crippen molar-refractivity contribution in [2.24, 2.45) is 11.8 Å². The smallest absolute Gasteiger partial charge is 0.310 e. The van der Waals surface area contributed by atoms with Crippen LogP contribution in [0.15, 0.2) is 0 Å². The van der Waals surface area contributed by atoms with Crippen molar-refractivity contribution in [3.63, 3.8) is 0 Å². The van der Waals surface area contributed by atoms with Crippen LogP contribution in [0, 0.1) is 11.8 Å². The second-order valence-corrected chi connectivity index (χ2v) is 6.03. The molecule has 1 saturated carbocycles. The molecule has 2 fully saturated rings. The van der Waals surface area contributed by atoms with Gasteiger partial charge in [0.2, 0.25) is 0 Å². The van der Waals surface area contributed by atoms with Crippen molar-refractivity contribution in [3.8, 4) is 0 Å². The molecule has 2 rings (SSSR count). The highest BCUT2D eigenvalue weighted by Gasteiger charge is 2.32. The van der Waals surface area contributed by atoms with Gasteiger partial charge in [0.25, 0.3) is 0 Å². The topological polar surface area (TPSA) is 63.6 Å². The number of ether oxygens (including phenoxy) is 1. The fraction of sp³-hybridized carbons (Fsp3) is 0.833. The zero-order valence-corrected chi connectivity index (χ0v) is 10.6. The minimum Gasteiger partial charge on any atom is -0.481 e. The Morgan fingerprint density at radius 3 is 2.24 bits per heavy atom. The lowest BCUT2D eigenvalue weighted by Crippen LogP contribution is -2.28. The molecule has 1 unspecified atom stereocenters. The van der Waals surface area contributed by atoms with Gasteiger partial charge < -0.3 is 9.84 Å². The number of carboxylic acids is 1. The number of hydrogen-bond acceptors (Lipinski definition) is 4. The molecule has 0 aromatic carbocycles. The molecule has 5 heteroatoms. The molecule has 1 atom stereocenters. The van der Waals surface area contributed by atoms with E-state index in [4.69, 9.17) is 9.84 Å². The molecule has 4 nitrogen and oxygen atoms in total. The maximum Gasteiger partial charge on any atom is 0.310 e. The van der Waals surface area contributed by atoms with Crippen LogP contribution in [0.25, 0.3) is 0 Å². The predicted octanol–water partition coefficient (Wildman–Crippen LogP) is 2.27. The quantitative estimate of drug-likeness (QED) is 0.787. The number of esters is 1. The summed E-state index contributed by atoms with van der Waals surface area (Å²) in [6.45, 7) is 0. The summed E-state index contributed by atoms with van der Waals surface area (Å²) >= 11 is 1.70. The Bertz CT molecular complexity index is 291. The van der Waals surface area contributed by atoms with E-state index in [2.05, 4.69) is 0 Å².